The Morgan fingerprint density at radius 1 is 1.16 bits per heavy atom. The monoisotopic (exact) mass is 359 g/mol. The maximum Gasteiger partial charge on any atom is 0.302 e. The molecule has 3 N–H and O–H groups in total. The van der Waals surface area contributed by atoms with E-state index in [0.29, 0.717) is 31.7 Å². The second kappa shape index (κ2) is 6.92. The first-order chi connectivity index (χ1) is 12.0. The molecule has 0 radical (unpaired) electrons. The quantitative estimate of drug-likeness (QED) is 0.809. The summed E-state index contributed by atoms with van der Waals surface area (Å²) >= 11 is 0. The largest absolute Gasteiger partial charge is 0.384 e. The zero-order valence-corrected chi connectivity index (χ0v) is 14.1. The number of anilines is 3. The molecule has 9 nitrogen and oxygen atoms in total. The van der Waals surface area contributed by atoms with Gasteiger partial charge in [-0.05, 0) is 24.3 Å². The molecule has 0 atom stereocenters. The molecule has 0 unspecified atom stereocenters. The lowest BCUT2D eigenvalue weighted by Gasteiger charge is -2.34. The van der Waals surface area contributed by atoms with Crippen molar-refractivity contribution in [1.82, 2.24) is 14.3 Å². The lowest BCUT2D eigenvalue weighted by atomic mass is 10.3. The van der Waals surface area contributed by atoms with Gasteiger partial charge >= 0.3 is 10.2 Å². The number of rotatable bonds is 4. The first kappa shape index (κ1) is 16.9. The summed E-state index contributed by atoms with van der Waals surface area (Å²) in [4.78, 5) is 10.2. The fourth-order valence-corrected chi connectivity index (χ4v) is 3.65. The van der Waals surface area contributed by atoms with Crippen LogP contribution in [0.15, 0.2) is 36.5 Å². The van der Waals surface area contributed by atoms with E-state index in [1.54, 1.807) is 30.3 Å². The van der Waals surface area contributed by atoms with Crippen LogP contribution in [-0.2, 0) is 10.2 Å². The van der Waals surface area contributed by atoms with Crippen molar-refractivity contribution in [2.24, 2.45) is 0 Å². The Bertz CT molecular complexity index is 885. The number of nitriles is 1. The molecular formula is C15H17N7O2S. The molecule has 0 spiro atoms. The smallest absolute Gasteiger partial charge is 0.302 e. The number of piperazine rings is 1. The van der Waals surface area contributed by atoms with Gasteiger partial charge in [-0.25, -0.2) is 9.97 Å². The summed E-state index contributed by atoms with van der Waals surface area (Å²) in [5, 5.41) is 8.80. The van der Waals surface area contributed by atoms with Crippen LogP contribution in [-0.4, -0.2) is 48.9 Å². The zero-order chi connectivity index (χ0) is 17.9. The minimum atomic E-state index is -3.69. The predicted octanol–water partition coefficient (Wildman–Crippen LogP) is 0.409. The molecule has 0 saturated carbocycles. The molecule has 0 amide bonds. The van der Waals surface area contributed by atoms with Crippen LogP contribution in [0, 0.1) is 11.3 Å². The number of nitrogens with zero attached hydrogens (tertiary/aromatic N) is 5. The zero-order valence-electron chi connectivity index (χ0n) is 13.3. The van der Waals surface area contributed by atoms with E-state index in [1.165, 1.54) is 10.5 Å². The van der Waals surface area contributed by atoms with E-state index in [1.807, 2.05) is 11.0 Å². The highest BCUT2D eigenvalue weighted by molar-refractivity contribution is 7.90. The minimum Gasteiger partial charge on any atom is -0.384 e. The fourth-order valence-electron chi connectivity index (χ4n) is 2.50. The molecule has 1 fully saturated rings. The van der Waals surface area contributed by atoms with Crippen molar-refractivity contribution in [2.75, 3.05) is 41.5 Å². The molecule has 1 aliphatic rings. The molecule has 130 valence electrons. The third-order valence-electron chi connectivity index (χ3n) is 3.78. The van der Waals surface area contributed by atoms with Crippen LogP contribution < -0.4 is 15.4 Å². The number of nitrogen functional groups attached to an aromatic ring is 1. The average molecular weight is 359 g/mol. The summed E-state index contributed by atoms with van der Waals surface area (Å²) < 4.78 is 28.7. The summed E-state index contributed by atoms with van der Waals surface area (Å²) in [6, 6.07) is 10.2. The molecule has 0 aromatic carbocycles. The Morgan fingerprint density at radius 2 is 1.92 bits per heavy atom. The number of nitrogens with one attached hydrogen (secondary N) is 1. The Labute approximate surface area is 145 Å². The van der Waals surface area contributed by atoms with E-state index in [-0.39, 0.29) is 11.6 Å². The second-order valence-corrected chi connectivity index (χ2v) is 7.13. The predicted molar refractivity (Wildman–Crippen MR) is 93.9 cm³/mol. The van der Waals surface area contributed by atoms with Crippen molar-refractivity contribution in [3.63, 3.8) is 0 Å². The van der Waals surface area contributed by atoms with E-state index in [9.17, 15) is 8.42 Å². The number of aromatic nitrogens is 2. The molecule has 0 aliphatic carbocycles. The summed E-state index contributed by atoms with van der Waals surface area (Å²) in [5.74, 6) is 1.16. The Kier molecular flexibility index (Phi) is 4.69. The van der Waals surface area contributed by atoms with Gasteiger partial charge in [0.05, 0.1) is 5.56 Å². The second-order valence-electron chi connectivity index (χ2n) is 5.46. The van der Waals surface area contributed by atoms with Crippen molar-refractivity contribution in [3.8, 4) is 6.07 Å². The van der Waals surface area contributed by atoms with Crippen LogP contribution in [0.25, 0.3) is 0 Å². The minimum absolute atomic E-state index is 0.191. The molecule has 1 saturated heterocycles. The highest BCUT2D eigenvalue weighted by atomic mass is 32.2. The van der Waals surface area contributed by atoms with Crippen LogP contribution in [0.3, 0.4) is 0 Å². The lowest BCUT2D eigenvalue weighted by molar-refractivity contribution is 0.386. The number of hydrogen-bond acceptors (Lipinski definition) is 7. The molecule has 3 rings (SSSR count). The van der Waals surface area contributed by atoms with E-state index in [4.69, 9.17) is 11.0 Å². The molecule has 1 aliphatic heterocycles. The van der Waals surface area contributed by atoms with Crippen molar-refractivity contribution in [3.05, 3.63) is 42.1 Å². The summed E-state index contributed by atoms with van der Waals surface area (Å²) in [6.07, 6.45) is 1.51. The first-order valence-electron chi connectivity index (χ1n) is 7.59. The van der Waals surface area contributed by atoms with Gasteiger partial charge in [0.1, 0.15) is 23.5 Å². The SMILES string of the molecule is N#Cc1ccc(N2CCN(S(=O)(=O)Nc3cccc(N)n3)CC2)nc1. The van der Waals surface area contributed by atoms with Gasteiger partial charge in [0.15, 0.2) is 0 Å². The van der Waals surface area contributed by atoms with E-state index < -0.39 is 10.2 Å². The van der Waals surface area contributed by atoms with Crippen LogP contribution in [0.2, 0.25) is 0 Å². The Balaban J connectivity index is 1.63. The van der Waals surface area contributed by atoms with E-state index in [0.717, 1.165) is 5.82 Å². The van der Waals surface area contributed by atoms with Gasteiger partial charge < -0.3 is 10.6 Å². The van der Waals surface area contributed by atoms with Crippen LogP contribution in [0.5, 0.6) is 0 Å². The fraction of sp³-hybridized carbons (Fsp3) is 0.267. The van der Waals surface area contributed by atoms with Gasteiger partial charge in [-0.15, -0.1) is 0 Å². The topological polar surface area (TPSA) is 128 Å². The summed E-state index contributed by atoms with van der Waals surface area (Å²) in [6.45, 7) is 1.65. The molecular weight excluding hydrogens is 342 g/mol. The maximum absolute atomic E-state index is 12.5. The number of pyridine rings is 2. The molecule has 25 heavy (non-hydrogen) atoms. The average Bonchev–Trinajstić information content (AvgIpc) is 2.61. The van der Waals surface area contributed by atoms with Gasteiger partial charge in [0.2, 0.25) is 0 Å². The Morgan fingerprint density at radius 3 is 2.52 bits per heavy atom. The molecule has 2 aromatic rings. The van der Waals surface area contributed by atoms with Gasteiger partial charge in [-0.3, -0.25) is 4.72 Å². The summed E-state index contributed by atoms with van der Waals surface area (Å²) in [7, 11) is -3.69. The molecule has 0 bridgehead atoms. The molecule has 2 aromatic heterocycles. The van der Waals surface area contributed by atoms with E-state index in [2.05, 4.69) is 14.7 Å². The van der Waals surface area contributed by atoms with Crippen molar-refractivity contribution < 1.29 is 8.42 Å². The van der Waals surface area contributed by atoms with Gasteiger partial charge in [0.25, 0.3) is 0 Å². The van der Waals surface area contributed by atoms with Crippen molar-refractivity contribution >= 4 is 27.7 Å². The highest BCUT2D eigenvalue weighted by Gasteiger charge is 2.27. The van der Waals surface area contributed by atoms with Crippen LogP contribution in [0.1, 0.15) is 5.56 Å². The first-order valence-corrected chi connectivity index (χ1v) is 9.03. The van der Waals surface area contributed by atoms with Crippen molar-refractivity contribution in [1.29, 1.82) is 5.26 Å². The summed E-state index contributed by atoms with van der Waals surface area (Å²) in [5.41, 5.74) is 6.06. The molecule has 10 heteroatoms. The number of hydrogen-bond donors (Lipinski definition) is 2. The van der Waals surface area contributed by atoms with Gasteiger partial charge in [-0.1, -0.05) is 6.07 Å². The van der Waals surface area contributed by atoms with Crippen LogP contribution >= 0.6 is 0 Å². The van der Waals surface area contributed by atoms with Gasteiger partial charge in [0, 0.05) is 32.4 Å². The Hall–Kier alpha value is -2.90. The molecule has 3 heterocycles. The third kappa shape index (κ3) is 3.96. The normalized spacial score (nSPS) is 15.6. The third-order valence-corrected chi connectivity index (χ3v) is 5.30. The maximum atomic E-state index is 12.5. The highest BCUT2D eigenvalue weighted by Crippen LogP contribution is 2.17. The van der Waals surface area contributed by atoms with Crippen LogP contribution in [0.4, 0.5) is 17.5 Å². The lowest BCUT2D eigenvalue weighted by Crippen LogP contribution is -2.50. The van der Waals surface area contributed by atoms with Gasteiger partial charge in [-0.2, -0.15) is 18.0 Å². The van der Waals surface area contributed by atoms with Crippen molar-refractivity contribution in [2.45, 2.75) is 0 Å². The van der Waals surface area contributed by atoms with E-state index >= 15 is 0 Å². The standard InChI is InChI=1S/C15H17N7O2S/c16-10-12-4-5-15(18-11-12)21-6-8-22(9-7-21)25(23,24)20-14-3-1-2-13(17)19-14/h1-5,11H,6-9H2,(H3,17,19,20). The number of nitrogens with two attached hydrogens (primary N) is 1.